The number of fused-ring (bicyclic) bond motifs is 1. The van der Waals surface area contributed by atoms with Gasteiger partial charge in [-0.25, -0.2) is 0 Å². The Balaban J connectivity index is 1.72. The van der Waals surface area contributed by atoms with Crippen LogP contribution in [0.4, 0.5) is 5.69 Å². The van der Waals surface area contributed by atoms with Gasteiger partial charge in [0.25, 0.3) is 5.91 Å². The predicted molar refractivity (Wildman–Crippen MR) is 113 cm³/mol. The summed E-state index contributed by atoms with van der Waals surface area (Å²) >= 11 is 6.83. The van der Waals surface area contributed by atoms with Crippen LogP contribution >= 0.6 is 24.0 Å². The summed E-state index contributed by atoms with van der Waals surface area (Å²) in [7, 11) is 1.63. The molecule has 1 saturated heterocycles. The second-order valence-electron chi connectivity index (χ2n) is 5.79. The van der Waals surface area contributed by atoms with E-state index in [0.717, 1.165) is 27.8 Å². The van der Waals surface area contributed by atoms with Crippen molar-refractivity contribution >= 4 is 56.7 Å². The lowest BCUT2D eigenvalue weighted by Crippen LogP contribution is -2.27. The van der Waals surface area contributed by atoms with Gasteiger partial charge in [0.05, 0.1) is 17.7 Å². The minimum Gasteiger partial charge on any atom is -0.497 e. The van der Waals surface area contributed by atoms with Crippen LogP contribution in [-0.2, 0) is 4.79 Å². The van der Waals surface area contributed by atoms with Crippen molar-refractivity contribution < 1.29 is 9.53 Å². The number of thiocarbonyl (C=S) groups is 1. The highest BCUT2D eigenvalue weighted by Gasteiger charge is 2.34. The molecule has 1 aliphatic rings. The Morgan fingerprint density at radius 3 is 2.50 bits per heavy atom. The number of thioether (sulfide) groups is 1. The van der Waals surface area contributed by atoms with Crippen LogP contribution in [0.1, 0.15) is 5.56 Å². The largest absolute Gasteiger partial charge is 0.497 e. The highest BCUT2D eigenvalue weighted by Crippen LogP contribution is 2.38. The summed E-state index contributed by atoms with van der Waals surface area (Å²) in [4.78, 5) is 15.3. The van der Waals surface area contributed by atoms with Gasteiger partial charge in [-0.05, 0) is 35.2 Å². The number of hydrogen-bond donors (Lipinski definition) is 0. The molecular formula is C21H15NO2S2. The zero-order valence-electron chi connectivity index (χ0n) is 14.0. The van der Waals surface area contributed by atoms with Gasteiger partial charge in [0.15, 0.2) is 4.32 Å². The number of hydrogen-bond acceptors (Lipinski definition) is 4. The van der Waals surface area contributed by atoms with E-state index in [4.69, 9.17) is 17.0 Å². The highest BCUT2D eigenvalue weighted by molar-refractivity contribution is 8.27. The first-order chi connectivity index (χ1) is 12.7. The number of benzene rings is 3. The number of rotatable bonds is 3. The Hall–Kier alpha value is -2.63. The smallest absolute Gasteiger partial charge is 0.270 e. The van der Waals surface area contributed by atoms with E-state index in [1.807, 2.05) is 72.8 Å². The second-order valence-corrected chi connectivity index (χ2v) is 7.46. The minimum atomic E-state index is -0.0906. The first kappa shape index (κ1) is 16.8. The van der Waals surface area contributed by atoms with Gasteiger partial charge in [-0.2, -0.15) is 0 Å². The number of carbonyl (C=O) groups is 1. The molecule has 0 saturated carbocycles. The molecule has 0 unspecified atom stereocenters. The first-order valence-electron chi connectivity index (χ1n) is 8.07. The number of carbonyl (C=O) groups excluding carboxylic acids is 1. The van der Waals surface area contributed by atoms with Crippen LogP contribution in [0.15, 0.2) is 71.6 Å². The number of methoxy groups -OCH3 is 1. The van der Waals surface area contributed by atoms with Crippen molar-refractivity contribution in [1.29, 1.82) is 0 Å². The minimum absolute atomic E-state index is 0.0906. The predicted octanol–water partition coefficient (Wildman–Crippen LogP) is 5.25. The molecule has 0 bridgehead atoms. The Labute approximate surface area is 161 Å². The fourth-order valence-electron chi connectivity index (χ4n) is 2.93. The molecule has 1 heterocycles. The maximum atomic E-state index is 13.0. The highest BCUT2D eigenvalue weighted by atomic mass is 32.2. The topological polar surface area (TPSA) is 29.5 Å². The van der Waals surface area contributed by atoms with E-state index in [0.29, 0.717) is 9.23 Å². The van der Waals surface area contributed by atoms with Gasteiger partial charge < -0.3 is 4.74 Å². The van der Waals surface area contributed by atoms with Gasteiger partial charge in [0.2, 0.25) is 0 Å². The van der Waals surface area contributed by atoms with Crippen LogP contribution in [0.2, 0.25) is 0 Å². The van der Waals surface area contributed by atoms with Crippen LogP contribution in [0.3, 0.4) is 0 Å². The summed E-state index contributed by atoms with van der Waals surface area (Å²) in [5, 5.41) is 2.09. The van der Waals surface area contributed by atoms with E-state index in [1.165, 1.54) is 11.8 Å². The van der Waals surface area contributed by atoms with Crippen LogP contribution in [-0.4, -0.2) is 17.3 Å². The molecular weight excluding hydrogens is 362 g/mol. The second kappa shape index (κ2) is 6.94. The fourth-order valence-corrected chi connectivity index (χ4v) is 4.22. The first-order valence-corrected chi connectivity index (χ1v) is 9.29. The third-order valence-electron chi connectivity index (χ3n) is 4.21. The molecule has 3 nitrogen and oxygen atoms in total. The molecule has 0 N–H and O–H groups in total. The standard InChI is InChI=1S/C21H15NO2S2/c1-24-16-11-9-14(10-12-16)13-19-20(23)22(21(25)26-19)18-8-4-6-15-5-2-3-7-17(15)18/h2-13H,1H3/b19-13-. The van der Waals surface area contributed by atoms with E-state index in [1.54, 1.807) is 12.0 Å². The number of nitrogens with zero attached hydrogens (tertiary/aromatic N) is 1. The Kier molecular flexibility index (Phi) is 4.49. The van der Waals surface area contributed by atoms with Crippen molar-refractivity contribution in [3.63, 3.8) is 0 Å². The molecule has 0 aromatic heterocycles. The fraction of sp³-hybridized carbons (Fsp3) is 0.0476. The Bertz CT molecular complexity index is 1040. The summed E-state index contributed by atoms with van der Waals surface area (Å²) < 4.78 is 5.72. The van der Waals surface area contributed by atoms with Gasteiger partial charge in [-0.1, -0.05) is 72.5 Å². The van der Waals surface area contributed by atoms with Crippen LogP contribution in [0.5, 0.6) is 5.75 Å². The molecule has 0 aliphatic carbocycles. The molecule has 4 rings (SSSR count). The quantitative estimate of drug-likeness (QED) is 0.460. The lowest BCUT2D eigenvalue weighted by molar-refractivity contribution is -0.113. The number of ether oxygens (including phenoxy) is 1. The molecule has 5 heteroatoms. The maximum absolute atomic E-state index is 13.0. The maximum Gasteiger partial charge on any atom is 0.270 e. The van der Waals surface area contributed by atoms with Crippen LogP contribution in [0.25, 0.3) is 16.8 Å². The van der Waals surface area contributed by atoms with Gasteiger partial charge in [-0.3, -0.25) is 9.69 Å². The van der Waals surface area contributed by atoms with Crippen LogP contribution < -0.4 is 9.64 Å². The van der Waals surface area contributed by atoms with Gasteiger partial charge in [0.1, 0.15) is 5.75 Å². The van der Waals surface area contributed by atoms with Crippen molar-refractivity contribution in [2.45, 2.75) is 0 Å². The Morgan fingerprint density at radius 2 is 1.73 bits per heavy atom. The lowest BCUT2D eigenvalue weighted by atomic mass is 10.1. The molecule has 26 heavy (non-hydrogen) atoms. The van der Waals surface area contributed by atoms with Gasteiger partial charge in [0, 0.05) is 5.39 Å². The third-order valence-corrected chi connectivity index (χ3v) is 5.52. The van der Waals surface area contributed by atoms with E-state index < -0.39 is 0 Å². The third kappa shape index (κ3) is 3.00. The Morgan fingerprint density at radius 1 is 1.00 bits per heavy atom. The molecule has 1 amide bonds. The molecule has 128 valence electrons. The van der Waals surface area contributed by atoms with Crippen molar-refractivity contribution in [3.05, 3.63) is 77.2 Å². The summed E-state index contributed by atoms with van der Waals surface area (Å²) in [5.41, 5.74) is 1.76. The average molecular weight is 377 g/mol. The number of anilines is 1. The van der Waals surface area contributed by atoms with E-state index in [9.17, 15) is 4.79 Å². The van der Waals surface area contributed by atoms with Crippen LogP contribution in [0, 0.1) is 0 Å². The number of amides is 1. The molecule has 0 radical (unpaired) electrons. The monoisotopic (exact) mass is 377 g/mol. The van der Waals surface area contributed by atoms with Gasteiger partial charge in [-0.15, -0.1) is 0 Å². The van der Waals surface area contributed by atoms with E-state index in [-0.39, 0.29) is 5.91 Å². The van der Waals surface area contributed by atoms with E-state index >= 15 is 0 Å². The summed E-state index contributed by atoms with van der Waals surface area (Å²) in [6.45, 7) is 0. The molecule has 0 spiro atoms. The zero-order chi connectivity index (χ0) is 18.1. The van der Waals surface area contributed by atoms with Gasteiger partial charge >= 0.3 is 0 Å². The average Bonchev–Trinajstić information content (AvgIpc) is 2.95. The van der Waals surface area contributed by atoms with Crippen molar-refractivity contribution in [3.8, 4) is 5.75 Å². The zero-order valence-corrected chi connectivity index (χ0v) is 15.6. The molecule has 0 atom stereocenters. The lowest BCUT2D eigenvalue weighted by Gasteiger charge is -2.17. The van der Waals surface area contributed by atoms with E-state index in [2.05, 4.69) is 0 Å². The summed E-state index contributed by atoms with van der Waals surface area (Å²) in [6, 6.07) is 21.5. The van der Waals surface area contributed by atoms with Crippen molar-refractivity contribution in [2.24, 2.45) is 0 Å². The SMILES string of the molecule is COc1ccc(/C=C2\SC(=S)N(c3cccc4ccccc34)C2=O)cc1. The summed E-state index contributed by atoms with van der Waals surface area (Å²) in [6.07, 6.45) is 1.86. The summed E-state index contributed by atoms with van der Waals surface area (Å²) in [5.74, 6) is 0.692. The molecule has 3 aromatic carbocycles. The van der Waals surface area contributed by atoms with Crippen molar-refractivity contribution in [1.82, 2.24) is 0 Å². The molecule has 1 fully saturated rings. The molecule has 1 aliphatic heterocycles. The molecule has 3 aromatic rings. The normalized spacial score (nSPS) is 15.9. The van der Waals surface area contributed by atoms with Crippen molar-refractivity contribution in [2.75, 3.05) is 12.0 Å².